The molecule has 12 aromatic carbocycles. The maximum atomic E-state index is 14.3. The molecule has 12 nitrogen and oxygen atoms in total. The average molecular weight is 1780 g/mol. The number of anilines is 4. The molecule has 0 saturated heterocycles. The maximum absolute atomic E-state index is 14.3. The van der Waals surface area contributed by atoms with Gasteiger partial charge in [0, 0.05) is 28.8 Å². The second-order valence-corrected chi connectivity index (χ2v) is 26.2. The number of amides is 4. The fraction of sp³-hybridized carbons (Fsp3) is 0.116. The number of ether oxygens (including phenoxy) is 4. The van der Waals surface area contributed by atoms with Crippen LogP contribution in [0.2, 0.25) is 0 Å². The van der Waals surface area contributed by atoms with Crippen molar-refractivity contribution in [1.82, 2.24) is 0 Å². The highest BCUT2D eigenvalue weighted by Gasteiger charge is 2.42. The first-order valence-corrected chi connectivity index (χ1v) is 35.0. The minimum atomic E-state index is -5.09. The smallest absolute Gasteiger partial charge is 0.420 e. The fourth-order valence-electron chi connectivity index (χ4n) is 11.2. The number of rotatable bonds is 16. The van der Waals surface area contributed by atoms with Gasteiger partial charge in [0.2, 0.25) is 0 Å². The Bertz CT molecular complexity index is 5940. The van der Waals surface area contributed by atoms with Gasteiger partial charge in [0.15, 0.2) is 11.6 Å². The molecule has 0 radical (unpaired) electrons. The number of nitrogens with one attached hydrogen (secondary N) is 4. The summed E-state index contributed by atoms with van der Waals surface area (Å²) in [6, 6.07) is 35.9. The van der Waals surface area contributed by atoms with Gasteiger partial charge in [-0.05, 0) is 208 Å². The molecule has 4 N–H and O–H groups in total. The van der Waals surface area contributed by atoms with Gasteiger partial charge in [-0.2, -0.15) is 79.0 Å². The minimum absolute atomic E-state index is 0.173. The van der Waals surface area contributed by atoms with Crippen molar-refractivity contribution in [3.8, 4) is 46.0 Å². The number of aryl methyl sites for hydroxylation is 4. The molecule has 0 heterocycles. The Morgan fingerprint density at radius 1 is 0.216 bits per heavy atom. The third kappa shape index (κ3) is 24.6. The number of hydrogen-bond donors (Lipinski definition) is 4. The van der Waals surface area contributed by atoms with E-state index in [4.69, 9.17) is 18.9 Å². The summed E-state index contributed by atoms with van der Waals surface area (Å²) in [6.45, 7) is 5.94. The highest BCUT2D eigenvalue weighted by Crippen LogP contribution is 2.48. The van der Waals surface area contributed by atoms with Gasteiger partial charge in [0.05, 0.1) is 16.7 Å². The van der Waals surface area contributed by atoms with Crippen molar-refractivity contribution in [2.24, 2.45) is 0 Å². The van der Waals surface area contributed by atoms with Crippen LogP contribution in [0.3, 0.4) is 0 Å². The van der Waals surface area contributed by atoms with Crippen LogP contribution in [0.1, 0.15) is 97.1 Å². The van der Waals surface area contributed by atoms with Crippen molar-refractivity contribution in [3.05, 3.63) is 355 Å². The first-order valence-electron chi connectivity index (χ1n) is 35.0. The van der Waals surface area contributed by atoms with Gasteiger partial charge in [-0.15, -0.1) is 0 Å². The van der Waals surface area contributed by atoms with Gasteiger partial charge in [-0.1, -0.05) is 60.7 Å². The van der Waals surface area contributed by atoms with Gasteiger partial charge in [-0.3, -0.25) is 19.2 Å². The predicted molar refractivity (Wildman–Crippen MR) is 398 cm³/mol. The molecule has 39 heteroatoms. The number of benzene rings is 12. The summed E-state index contributed by atoms with van der Waals surface area (Å²) >= 11 is 0. The number of hydrogen-bond acceptors (Lipinski definition) is 8. The van der Waals surface area contributed by atoms with Crippen LogP contribution in [-0.2, 0) is 37.1 Å². The maximum Gasteiger partial charge on any atom is 0.420 e. The Balaban J connectivity index is 0.000000189. The van der Waals surface area contributed by atoms with Gasteiger partial charge in [-0.25, -0.2) is 39.5 Å². The molecule has 0 aromatic heterocycles. The van der Waals surface area contributed by atoms with E-state index in [9.17, 15) is 138 Å². The van der Waals surface area contributed by atoms with Gasteiger partial charge >= 0.3 is 37.1 Å². The normalized spacial score (nSPS) is 11.6. The fourth-order valence-corrected chi connectivity index (χ4v) is 11.2. The predicted octanol–water partition coefficient (Wildman–Crippen LogP) is 27.5. The summed E-state index contributed by atoms with van der Waals surface area (Å²) in [4.78, 5) is 48.7. The third-order valence-corrected chi connectivity index (χ3v) is 16.8. The molecule has 0 aliphatic carbocycles. The van der Waals surface area contributed by atoms with E-state index in [2.05, 4.69) is 10.6 Å². The zero-order valence-corrected chi connectivity index (χ0v) is 63.3. The van der Waals surface area contributed by atoms with Crippen LogP contribution in [0.4, 0.5) is 141 Å². The van der Waals surface area contributed by atoms with E-state index >= 15 is 0 Å². The second kappa shape index (κ2) is 38.5. The van der Waals surface area contributed by atoms with Crippen LogP contribution in [0, 0.1) is 80.0 Å². The number of para-hydroxylation sites is 4. The zero-order chi connectivity index (χ0) is 92.3. The van der Waals surface area contributed by atoms with Crippen molar-refractivity contribution in [1.29, 1.82) is 0 Å². The standard InChI is InChI=1S/C22H13F8NO2.C22H16F5NO2.C21H11F8NO2.C21H13F6NO2/c1-11-8-15(23)19(16(24)9-11)20(32)31-12-6-7-18(14(10-12)22(28,29)30)33-17-5-3-2-4-13(17)21(25,26)27;1-12-9-16(23)20(17(24)10-12)21(29)28-14-7-8-19(15(11-14)22(25,26)27)30-18-6-4-3-5-13(18)2;22-14-5-3-6-15(23)18(14)19(31)30-11-8-9-17(13(10-11)21(27,28)29)32-16-7-2-1-4-12(16)20(24,25)26;1-11-8-15(23)19(16(24)9-11)20(29)28-12-6-7-18(14(22)10-12)30-17-5-3-2-4-13(17)21(25,26)27/h2-10H,1H3,(H,31,32);3-11H,1-2H3,(H,28,29);1-10H,(H,30,31);2-10H,1H3,(H,28,29). The second-order valence-electron chi connectivity index (χ2n) is 26.2. The quantitative estimate of drug-likeness (QED) is 0.0698. The molecule has 0 unspecified atom stereocenters. The largest absolute Gasteiger partial charge is 0.456 e. The van der Waals surface area contributed by atoms with E-state index in [-0.39, 0.29) is 33.8 Å². The third-order valence-electron chi connectivity index (χ3n) is 16.8. The Kier molecular flexibility index (Phi) is 29.2. The Morgan fingerprint density at radius 3 is 0.696 bits per heavy atom. The number of carbonyl (C=O) groups excluding carboxylic acids is 4. The molecular formula is C86H53F27N4O8. The molecule has 0 spiro atoms. The molecule has 0 aliphatic rings. The topological polar surface area (TPSA) is 153 Å². The summed E-state index contributed by atoms with van der Waals surface area (Å²) < 4.78 is 385. The molecule has 0 saturated carbocycles. The molecule has 654 valence electrons. The van der Waals surface area contributed by atoms with Crippen LogP contribution in [0.25, 0.3) is 0 Å². The first-order chi connectivity index (χ1) is 58.3. The van der Waals surface area contributed by atoms with E-state index in [0.29, 0.717) is 48.0 Å². The summed E-state index contributed by atoms with van der Waals surface area (Å²) in [6.07, 6.45) is -29.4. The van der Waals surface area contributed by atoms with E-state index in [0.717, 1.165) is 152 Å². The van der Waals surface area contributed by atoms with Crippen LogP contribution in [0.15, 0.2) is 224 Å². The van der Waals surface area contributed by atoms with Crippen molar-refractivity contribution in [2.45, 2.75) is 64.8 Å². The number of carbonyl (C=O) groups is 4. The minimum Gasteiger partial charge on any atom is -0.456 e. The van der Waals surface area contributed by atoms with E-state index in [1.807, 2.05) is 10.6 Å². The molecular weight excluding hydrogens is 1730 g/mol. The van der Waals surface area contributed by atoms with Crippen molar-refractivity contribution in [3.63, 3.8) is 0 Å². The molecule has 0 aliphatic heterocycles. The molecule has 125 heavy (non-hydrogen) atoms. The summed E-state index contributed by atoms with van der Waals surface area (Å²) in [5, 5.41) is 8.10. The number of halogens is 27. The average Bonchev–Trinajstić information content (AvgIpc) is 0.805. The highest BCUT2D eigenvalue weighted by molar-refractivity contribution is 6.07. The summed E-state index contributed by atoms with van der Waals surface area (Å²) in [7, 11) is 0. The van der Waals surface area contributed by atoms with Gasteiger partial charge in [0.1, 0.15) is 126 Å². The molecule has 12 rings (SSSR count). The lowest BCUT2D eigenvalue weighted by molar-refractivity contribution is -0.141. The molecule has 0 bridgehead atoms. The molecule has 4 amide bonds. The van der Waals surface area contributed by atoms with E-state index in [1.165, 1.54) is 32.9 Å². The van der Waals surface area contributed by atoms with Crippen LogP contribution < -0.4 is 40.2 Å². The monoisotopic (exact) mass is 1780 g/mol. The van der Waals surface area contributed by atoms with Crippen molar-refractivity contribution in [2.75, 3.05) is 21.3 Å². The molecule has 12 aromatic rings. The Hall–Kier alpha value is -14.2. The zero-order valence-electron chi connectivity index (χ0n) is 63.3. The van der Waals surface area contributed by atoms with E-state index in [1.54, 1.807) is 25.1 Å². The lowest BCUT2D eigenvalue weighted by Gasteiger charge is -2.18. The van der Waals surface area contributed by atoms with Crippen molar-refractivity contribution >= 4 is 46.4 Å². The lowest BCUT2D eigenvalue weighted by Crippen LogP contribution is -2.17. The Labute approximate surface area is 687 Å². The summed E-state index contributed by atoms with van der Waals surface area (Å²) in [5.41, 5.74) is -11.7. The SMILES string of the molecule is Cc1cc(F)c(C(=O)Nc2ccc(Oc3ccccc3C(F)(F)F)c(C(F)(F)F)c2)c(F)c1.Cc1cc(F)c(C(=O)Nc2ccc(Oc3ccccc3C(F)(F)F)c(F)c2)c(F)c1.Cc1cc(F)c(C(=O)Nc2ccc(Oc3ccccc3C)c(C(F)(F)F)c2)c(F)c1.O=C(Nc1ccc(Oc2ccccc2C(F)(F)F)c(C(F)(F)F)c1)c1c(F)cccc1F. The number of alkyl halides is 18. The first kappa shape index (κ1) is 94.7. The molecule has 0 atom stereocenters. The Morgan fingerprint density at radius 2 is 0.432 bits per heavy atom. The molecule has 0 fully saturated rings. The van der Waals surface area contributed by atoms with Crippen LogP contribution in [0.5, 0.6) is 46.0 Å². The van der Waals surface area contributed by atoms with Crippen LogP contribution in [-0.4, -0.2) is 23.6 Å². The van der Waals surface area contributed by atoms with E-state index < -0.39 is 220 Å². The van der Waals surface area contributed by atoms with Crippen molar-refractivity contribution < 1.29 is 157 Å². The highest BCUT2D eigenvalue weighted by atomic mass is 19.4. The van der Waals surface area contributed by atoms with Crippen LogP contribution >= 0.6 is 0 Å². The van der Waals surface area contributed by atoms with Gasteiger partial charge < -0.3 is 40.2 Å². The van der Waals surface area contributed by atoms with Gasteiger partial charge in [0.25, 0.3) is 23.6 Å². The summed E-state index contributed by atoms with van der Waals surface area (Å²) in [5.74, 6) is -20.5. The lowest BCUT2D eigenvalue weighted by atomic mass is 10.1.